The van der Waals surface area contributed by atoms with Crippen LogP contribution in [0.2, 0.25) is 0 Å². The van der Waals surface area contributed by atoms with Crippen LogP contribution < -0.4 is 5.32 Å². The normalized spacial score (nSPS) is 23.3. The van der Waals surface area contributed by atoms with Gasteiger partial charge in [-0.1, -0.05) is 13.3 Å². The zero-order valence-corrected chi connectivity index (χ0v) is 12.0. The molecular formula is C14H30N2O. The van der Waals surface area contributed by atoms with E-state index in [2.05, 4.69) is 31.0 Å². The molecule has 3 unspecified atom stereocenters. The van der Waals surface area contributed by atoms with Crippen LogP contribution in [0.15, 0.2) is 0 Å². The van der Waals surface area contributed by atoms with Gasteiger partial charge in [-0.15, -0.1) is 0 Å². The average Bonchev–Trinajstić information content (AvgIpc) is 2.36. The molecule has 0 aromatic carbocycles. The Balaban J connectivity index is 2.13. The molecule has 102 valence electrons. The minimum absolute atomic E-state index is 0.289. The summed E-state index contributed by atoms with van der Waals surface area (Å²) in [6.45, 7) is 11.6. The molecule has 3 heteroatoms. The van der Waals surface area contributed by atoms with Crippen LogP contribution in [-0.2, 0) is 4.74 Å². The highest BCUT2D eigenvalue weighted by Crippen LogP contribution is 2.10. The lowest BCUT2D eigenvalue weighted by molar-refractivity contribution is 0.0862. The summed E-state index contributed by atoms with van der Waals surface area (Å²) in [5, 5.41) is 3.57. The van der Waals surface area contributed by atoms with Crippen LogP contribution in [0.25, 0.3) is 0 Å². The molecule has 0 bridgehead atoms. The summed E-state index contributed by atoms with van der Waals surface area (Å²) >= 11 is 0. The molecule has 0 saturated carbocycles. The summed E-state index contributed by atoms with van der Waals surface area (Å²) in [7, 11) is 1.78. The van der Waals surface area contributed by atoms with Gasteiger partial charge in [0.2, 0.25) is 0 Å². The van der Waals surface area contributed by atoms with E-state index >= 15 is 0 Å². The number of nitrogens with one attached hydrogen (secondary N) is 1. The Labute approximate surface area is 107 Å². The van der Waals surface area contributed by atoms with Crippen LogP contribution in [0, 0.1) is 5.92 Å². The number of rotatable bonds is 7. The molecular weight excluding hydrogens is 212 g/mol. The van der Waals surface area contributed by atoms with Crippen LogP contribution in [-0.4, -0.2) is 50.3 Å². The average molecular weight is 242 g/mol. The second kappa shape index (κ2) is 8.06. The summed E-state index contributed by atoms with van der Waals surface area (Å²) in [6, 6.07) is 0.434. The van der Waals surface area contributed by atoms with E-state index in [0.717, 1.165) is 12.5 Å². The van der Waals surface area contributed by atoms with Gasteiger partial charge in [-0.05, 0) is 52.2 Å². The fourth-order valence-electron chi connectivity index (χ4n) is 2.40. The molecule has 1 aliphatic heterocycles. The third-order valence-electron chi connectivity index (χ3n) is 3.88. The predicted molar refractivity (Wildman–Crippen MR) is 73.4 cm³/mol. The van der Waals surface area contributed by atoms with Crippen molar-refractivity contribution < 1.29 is 4.74 Å². The van der Waals surface area contributed by atoms with Gasteiger partial charge in [0.05, 0.1) is 6.10 Å². The molecule has 1 N–H and O–H groups in total. The zero-order chi connectivity index (χ0) is 12.7. The summed E-state index contributed by atoms with van der Waals surface area (Å²) in [4.78, 5) is 2.61. The Kier molecular flexibility index (Phi) is 7.09. The first-order chi connectivity index (χ1) is 8.13. The van der Waals surface area contributed by atoms with Crippen molar-refractivity contribution >= 4 is 0 Å². The van der Waals surface area contributed by atoms with E-state index < -0.39 is 0 Å². The van der Waals surface area contributed by atoms with E-state index in [-0.39, 0.29) is 6.10 Å². The molecule has 3 nitrogen and oxygen atoms in total. The maximum Gasteiger partial charge on any atom is 0.0693 e. The van der Waals surface area contributed by atoms with E-state index in [9.17, 15) is 0 Å². The number of hydrogen-bond acceptors (Lipinski definition) is 3. The van der Waals surface area contributed by atoms with Gasteiger partial charge in [0.25, 0.3) is 0 Å². The van der Waals surface area contributed by atoms with Crippen LogP contribution >= 0.6 is 0 Å². The van der Waals surface area contributed by atoms with Crippen molar-refractivity contribution in [3.63, 3.8) is 0 Å². The van der Waals surface area contributed by atoms with E-state index in [0.29, 0.717) is 6.04 Å². The Morgan fingerprint density at radius 2 is 1.76 bits per heavy atom. The van der Waals surface area contributed by atoms with Crippen molar-refractivity contribution in [2.45, 2.75) is 52.2 Å². The van der Waals surface area contributed by atoms with Crippen molar-refractivity contribution in [3.05, 3.63) is 0 Å². The van der Waals surface area contributed by atoms with Gasteiger partial charge in [0, 0.05) is 19.7 Å². The predicted octanol–water partition coefficient (Wildman–Crippen LogP) is 2.12. The van der Waals surface area contributed by atoms with Crippen molar-refractivity contribution in [2.75, 3.05) is 33.3 Å². The van der Waals surface area contributed by atoms with Gasteiger partial charge in [-0.2, -0.15) is 0 Å². The van der Waals surface area contributed by atoms with Gasteiger partial charge in [0.1, 0.15) is 0 Å². The molecule has 1 aliphatic rings. The monoisotopic (exact) mass is 242 g/mol. The lowest BCUT2D eigenvalue weighted by Gasteiger charge is -2.30. The quantitative estimate of drug-likeness (QED) is 0.740. The van der Waals surface area contributed by atoms with E-state index in [4.69, 9.17) is 4.74 Å². The molecule has 1 fully saturated rings. The SMILES string of the molecule is COC(C)C(C)NCC(C)CN1CCCCC1. The van der Waals surface area contributed by atoms with Gasteiger partial charge in [0.15, 0.2) is 0 Å². The van der Waals surface area contributed by atoms with Crippen LogP contribution in [0.4, 0.5) is 0 Å². The smallest absolute Gasteiger partial charge is 0.0693 e. The fraction of sp³-hybridized carbons (Fsp3) is 1.00. The van der Waals surface area contributed by atoms with Crippen molar-refractivity contribution in [1.82, 2.24) is 10.2 Å². The molecule has 0 aliphatic carbocycles. The fourth-order valence-corrected chi connectivity index (χ4v) is 2.40. The molecule has 3 atom stereocenters. The van der Waals surface area contributed by atoms with Gasteiger partial charge in [-0.3, -0.25) is 0 Å². The topological polar surface area (TPSA) is 24.5 Å². The van der Waals surface area contributed by atoms with Gasteiger partial charge < -0.3 is 15.0 Å². The van der Waals surface area contributed by atoms with Crippen molar-refractivity contribution in [2.24, 2.45) is 5.92 Å². The highest BCUT2D eigenvalue weighted by molar-refractivity contribution is 4.72. The minimum atomic E-state index is 0.289. The highest BCUT2D eigenvalue weighted by Gasteiger charge is 2.15. The third kappa shape index (κ3) is 5.84. The van der Waals surface area contributed by atoms with Gasteiger partial charge >= 0.3 is 0 Å². The number of nitrogens with zero attached hydrogens (tertiary/aromatic N) is 1. The summed E-state index contributed by atoms with van der Waals surface area (Å²) in [5.74, 6) is 0.722. The number of piperidine rings is 1. The number of hydrogen-bond donors (Lipinski definition) is 1. The van der Waals surface area contributed by atoms with E-state index in [1.807, 2.05) is 0 Å². The van der Waals surface area contributed by atoms with Crippen molar-refractivity contribution in [1.29, 1.82) is 0 Å². The Hall–Kier alpha value is -0.120. The molecule has 0 spiro atoms. The Morgan fingerprint density at radius 3 is 2.35 bits per heavy atom. The zero-order valence-electron chi connectivity index (χ0n) is 12.0. The lowest BCUT2D eigenvalue weighted by atomic mass is 10.1. The second-order valence-electron chi connectivity index (χ2n) is 5.60. The Morgan fingerprint density at radius 1 is 1.12 bits per heavy atom. The number of ether oxygens (including phenoxy) is 1. The number of likely N-dealkylation sites (tertiary alicyclic amines) is 1. The molecule has 0 amide bonds. The first-order valence-electron chi connectivity index (χ1n) is 7.12. The maximum atomic E-state index is 5.32. The second-order valence-corrected chi connectivity index (χ2v) is 5.60. The van der Waals surface area contributed by atoms with Crippen LogP contribution in [0.1, 0.15) is 40.0 Å². The van der Waals surface area contributed by atoms with Crippen LogP contribution in [0.3, 0.4) is 0 Å². The molecule has 1 rings (SSSR count). The molecule has 1 heterocycles. The first kappa shape index (κ1) is 14.9. The molecule has 0 radical (unpaired) electrons. The molecule has 0 aromatic heterocycles. The van der Waals surface area contributed by atoms with Gasteiger partial charge in [-0.25, -0.2) is 0 Å². The summed E-state index contributed by atoms with van der Waals surface area (Å²) < 4.78 is 5.32. The molecule has 0 aromatic rings. The van der Waals surface area contributed by atoms with Crippen molar-refractivity contribution in [3.8, 4) is 0 Å². The summed E-state index contributed by atoms with van der Waals surface area (Å²) in [6.07, 6.45) is 4.48. The largest absolute Gasteiger partial charge is 0.380 e. The lowest BCUT2D eigenvalue weighted by Crippen LogP contribution is -2.42. The van der Waals surface area contributed by atoms with E-state index in [1.54, 1.807) is 7.11 Å². The first-order valence-corrected chi connectivity index (χ1v) is 7.12. The number of methoxy groups -OCH3 is 1. The molecule has 17 heavy (non-hydrogen) atoms. The summed E-state index contributed by atoms with van der Waals surface area (Å²) in [5.41, 5.74) is 0. The van der Waals surface area contributed by atoms with Crippen LogP contribution in [0.5, 0.6) is 0 Å². The molecule has 1 saturated heterocycles. The standard InChI is InChI=1S/C14H30N2O/c1-12(10-15-13(2)14(3)17-4)11-16-8-6-5-7-9-16/h12-15H,5-11H2,1-4H3. The maximum absolute atomic E-state index is 5.32. The highest BCUT2D eigenvalue weighted by atomic mass is 16.5. The van der Waals surface area contributed by atoms with E-state index in [1.165, 1.54) is 38.9 Å². The minimum Gasteiger partial charge on any atom is -0.380 e. The Bertz CT molecular complexity index is 193. The third-order valence-corrected chi connectivity index (χ3v) is 3.88.